The predicted octanol–water partition coefficient (Wildman–Crippen LogP) is 2.57. The van der Waals surface area contributed by atoms with Gasteiger partial charge in [-0.15, -0.1) is 0 Å². The third-order valence-corrected chi connectivity index (χ3v) is 2.90. The normalized spacial score (nSPS) is 16.1. The Bertz CT molecular complexity index is 419. The Hall–Kier alpha value is -1.65. The number of ether oxygens (including phenoxy) is 1. The van der Waals surface area contributed by atoms with E-state index in [1.165, 1.54) is 0 Å². The Morgan fingerprint density at radius 2 is 1.76 bits per heavy atom. The van der Waals surface area contributed by atoms with Gasteiger partial charge >= 0.3 is 0 Å². The smallest absolute Gasteiger partial charge is 0.191 e. The minimum Gasteiger partial charge on any atom is -0.484 e. The quantitative estimate of drug-likeness (QED) is 0.630. The van der Waals surface area contributed by atoms with Gasteiger partial charge in [0, 0.05) is 5.56 Å². The summed E-state index contributed by atoms with van der Waals surface area (Å²) in [5, 5.41) is 7.13. The molecule has 0 heterocycles. The summed E-state index contributed by atoms with van der Waals surface area (Å²) in [6, 6.07) is 2.05. The maximum atomic E-state index is 13.6. The standard InChI is InChI=1S/C12H14F2N2O/c13-9-5-7(12(15)16)6-10(14)11(9)17-8-3-1-2-4-8/h5-6,8H,1-4H2,(H3,15,16). The molecule has 1 fully saturated rings. The molecule has 0 aliphatic heterocycles. The molecule has 3 nitrogen and oxygen atoms in total. The first-order chi connectivity index (χ1) is 8.08. The van der Waals surface area contributed by atoms with Crippen molar-refractivity contribution in [3.63, 3.8) is 0 Å². The number of nitrogen functional groups attached to an aromatic ring is 1. The lowest BCUT2D eigenvalue weighted by atomic mass is 10.2. The van der Waals surface area contributed by atoms with E-state index in [1.807, 2.05) is 0 Å². The zero-order chi connectivity index (χ0) is 12.4. The molecule has 0 aromatic heterocycles. The molecule has 0 radical (unpaired) electrons. The van der Waals surface area contributed by atoms with Gasteiger partial charge in [0.1, 0.15) is 5.84 Å². The molecule has 1 aromatic rings. The van der Waals surface area contributed by atoms with Gasteiger partial charge in [0.2, 0.25) is 0 Å². The fourth-order valence-electron chi connectivity index (χ4n) is 2.00. The summed E-state index contributed by atoms with van der Waals surface area (Å²) >= 11 is 0. The van der Waals surface area contributed by atoms with Gasteiger partial charge in [-0.25, -0.2) is 8.78 Å². The molecule has 1 aliphatic rings. The monoisotopic (exact) mass is 240 g/mol. The lowest BCUT2D eigenvalue weighted by molar-refractivity contribution is 0.191. The molecule has 2 rings (SSSR count). The van der Waals surface area contributed by atoms with Crippen LogP contribution in [0.25, 0.3) is 0 Å². The van der Waals surface area contributed by atoms with Gasteiger partial charge < -0.3 is 10.5 Å². The summed E-state index contributed by atoms with van der Waals surface area (Å²) in [7, 11) is 0. The van der Waals surface area contributed by atoms with Crippen LogP contribution in [-0.2, 0) is 0 Å². The van der Waals surface area contributed by atoms with E-state index in [4.69, 9.17) is 15.9 Å². The van der Waals surface area contributed by atoms with Crippen molar-refractivity contribution in [1.29, 1.82) is 5.41 Å². The van der Waals surface area contributed by atoms with Crippen LogP contribution in [0.2, 0.25) is 0 Å². The van der Waals surface area contributed by atoms with Crippen LogP contribution in [0.5, 0.6) is 5.75 Å². The highest BCUT2D eigenvalue weighted by atomic mass is 19.1. The number of rotatable bonds is 3. The molecular weight excluding hydrogens is 226 g/mol. The van der Waals surface area contributed by atoms with Crippen LogP contribution in [0.15, 0.2) is 12.1 Å². The van der Waals surface area contributed by atoms with Gasteiger partial charge in [-0.05, 0) is 37.8 Å². The van der Waals surface area contributed by atoms with Gasteiger partial charge in [0.25, 0.3) is 0 Å². The number of nitrogens with one attached hydrogen (secondary N) is 1. The Morgan fingerprint density at radius 1 is 1.24 bits per heavy atom. The highest BCUT2D eigenvalue weighted by Crippen LogP contribution is 2.29. The van der Waals surface area contributed by atoms with Crippen LogP contribution >= 0.6 is 0 Å². The van der Waals surface area contributed by atoms with Crippen LogP contribution in [0.4, 0.5) is 8.78 Å². The fourth-order valence-corrected chi connectivity index (χ4v) is 2.00. The second-order valence-corrected chi connectivity index (χ2v) is 4.21. The van der Waals surface area contributed by atoms with E-state index in [2.05, 4.69) is 0 Å². The number of hydrogen-bond acceptors (Lipinski definition) is 2. The predicted molar refractivity (Wildman–Crippen MR) is 60.3 cm³/mol. The van der Waals surface area contributed by atoms with E-state index in [0.29, 0.717) is 0 Å². The number of benzene rings is 1. The van der Waals surface area contributed by atoms with Gasteiger partial charge in [-0.3, -0.25) is 5.41 Å². The van der Waals surface area contributed by atoms with Crippen molar-refractivity contribution in [2.45, 2.75) is 31.8 Å². The summed E-state index contributed by atoms with van der Waals surface area (Å²) in [6.45, 7) is 0. The average Bonchev–Trinajstić information content (AvgIpc) is 2.75. The van der Waals surface area contributed by atoms with Crippen molar-refractivity contribution in [2.24, 2.45) is 5.73 Å². The largest absolute Gasteiger partial charge is 0.484 e. The van der Waals surface area contributed by atoms with Crippen molar-refractivity contribution < 1.29 is 13.5 Å². The molecule has 1 aromatic carbocycles. The molecule has 5 heteroatoms. The van der Waals surface area contributed by atoms with Crippen molar-refractivity contribution in [3.05, 3.63) is 29.3 Å². The number of amidine groups is 1. The zero-order valence-electron chi connectivity index (χ0n) is 9.30. The van der Waals surface area contributed by atoms with E-state index in [1.54, 1.807) is 0 Å². The first-order valence-electron chi connectivity index (χ1n) is 5.58. The summed E-state index contributed by atoms with van der Waals surface area (Å²) in [6.07, 6.45) is 3.60. The molecule has 92 valence electrons. The first-order valence-corrected chi connectivity index (χ1v) is 5.58. The van der Waals surface area contributed by atoms with E-state index >= 15 is 0 Å². The first kappa shape index (κ1) is 11.8. The van der Waals surface area contributed by atoms with Gasteiger partial charge in [0.05, 0.1) is 6.10 Å². The molecule has 0 bridgehead atoms. The summed E-state index contributed by atoms with van der Waals surface area (Å²) in [5.41, 5.74) is 5.20. The molecule has 0 atom stereocenters. The van der Waals surface area contributed by atoms with Gasteiger partial charge in [-0.2, -0.15) is 0 Å². The van der Waals surface area contributed by atoms with Crippen LogP contribution in [-0.4, -0.2) is 11.9 Å². The summed E-state index contributed by atoms with van der Waals surface area (Å²) in [4.78, 5) is 0. The molecule has 17 heavy (non-hydrogen) atoms. The van der Waals surface area contributed by atoms with Crippen LogP contribution in [0.3, 0.4) is 0 Å². The fraction of sp³-hybridized carbons (Fsp3) is 0.417. The van der Waals surface area contributed by atoms with Crippen LogP contribution in [0.1, 0.15) is 31.2 Å². The summed E-state index contributed by atoms with van der Waals surface area (Å²) in [5.74, 6) is -2.33. The molecule has 0 unspecified atom stereocenters. The Kier molecular flexibility index (Phi) is 3.26. The molecular formula is C12H14F2N2O. The highest BCUT2D eigenvalue weighted by molar-refractivity contribution is 5.95. The Morgan fingerprint density at radius 3 is 2.24 bits per heavy atom. The van der Waals surface area contributed by atoms with Gasteiger partial charge in [-0.1, -0.05) is 0 Å². The lowest BCUT2D eigenvalue weighted by Gasteiger charge is -2.14. The maximum Gasteiger partial charge on any atom is 0.191 e. The lowest BCUT2D eigenvalue weighted by Crippen LogP contribution is -2.15. The molecule has 0 saturated heterocycles. The molecule has 1 saturated carbocycles. The minimum atomic E-state index is -0.804. The van der Waals surface area contributed by atoms with E-state index < -0.39 is 11.6 Å². The molecule has 0 spiro atoms. The van der Waals surface area contributed by atoms with E-state index in [0.717, 1.165) is 37.8 Å². The topological polar surface area (TPSA) is 59.1 Å². The second-order valence-electron chi connectivity index (χ2n) is 4.21. The SMILES string of the molecule is N=C(N)c1cc(F)c(OC2CCCC2)c(F)c1. The average molecular weight is 240 g/mol. The Labute approximate surface area is 98.1 Å². The maximum absolute atomic E-state index is 13.6. The molecule has 0 amide bonds. The van der Waals surface area contributed by atoms with Crippen molar-refractivity contribution in [1.82, 2.24) is 0 Å². The highest BCUT2D eigenvalue weighted by Gasteiger charge is 2.21. The third-order valence-electron chi connectivity index (χ3n) is 2.90. The van der Waals surface area contributed by atoms with Crippen LogP contribution < -0.4 is 10.5 Å². The zero-order valence-corrected chi connectivity index (χ0v) is 9.30. The number of nitrogens with two attached hydrogens (primary N) is 1. The van der Waals surface area contributed by atoms with Crippen molar-refractivity contribution >= 4 is 5.84 Å². The molecule has 3 N–H and O–H groups in total. The van der Waals surface area contributed by atoms with E-state index in [-0.39, 0.29) is 23.3 Å². The summed E-state index contributed by atoms with van der Waals surface area (Å²) < 4.78 is 32.5. The number of hydrogen-bond donors (Lipinski definition) is 2. The number of halogens is 2. The second kappa shape index (κ2) is 4.69. The molecule has 1 aliphatic carbocycles. The van der Waals surface area contributed by atoms with Crippen molar-refractivity contribution in [2.75, 3.05) is 0 Å². The van der Waals surface area contributed by atoms with E-state index in [9.17, 15) is 8.78 Å². The Balaban J connectivity index is 2.24. The third kappa shape index (κ3) is 2.54. The minimum absolute atomic E-state index is 0.0266. The van der Waals surface area contributed by atoms with Gasteiger partial charge in [0.15, 0.2) is 17.4 Å². The van der Waals surface area contributed by atoms with Crippen molar-refractivity contribution in [3.8, 4) is 5.75 Å². The van der Waals surface area contributed by atoms with Crippen LogP contribution in [0, 0.1) is 17.0 Å².